The van der Waals surface area contributed by atoms with Crippen LogP contribution in [-0.4, -0.2) is 26.4 Å². The molecule has 1 atom stereocenters. The van der Waals surface area contributed by atoms with Crippen molar-refractivity contribution in [3.8, 4) is 22.8 Å². The number of ether oxygens (including phenoxy) is 2. The molecule has 1 aliphatic heterocycles. The molecule has 0 amide bonds. The zero-order valence-corrected chi connectivity index (χ0v) is 17.5. The topological polar surface area (TPSA) is 75.2 Å². The Kier molecular flexibility index (Phi) is 5.45. The van der Waals surface area contributed by atoms with Crippen molar-refractivity contribution in [1.29, 1.82) is 0 Å². The second-order valence-corrected chi connectivity index (χ2v) is 7.82. The number of thioether (sulfide) groups is 1. The lowest BCUT2D eigenvalue weighted by molar-refractivity contribution is 0.0821. The molecule has 4 aromatic rings. The van der Waals surface area contributed by atoms with Gasteiger partial charge in [0.15, 0.2) is 34.3 Å². The van der Waals surface area contributed by atoms with E-state index in [1.807, 2.05) is 65.2 Å². The van der Waals surface area contributed by atoms with Gasteiger partial charge in [-0.1, -0.05) is 60.3 Å². The molecule has 0 N–H and O–H groups in total. The predicted molar refractivity (Wildman–Crippen MR) is 117 cm³/mol. The number of fused-ring (bicyclic) bond motifs is 1. The fourth-order valence-corrected chi connectivity index (χ4v) is 4.14. The zero-order chi connectivity index (χ0) is 21.0. The van der Waals surface area contributed by atoms with Gasteiger partial charge in [-0.2, -0.15) is 0 Å². The van der Waals surface area contributed by atoms with Crippen molar-refractivity contribution in [3.63, 3.8) is 0 Å². The summed E-state index contributed by atoms with van der Waals surface area (Å²) in [4.78, 5) is 4.40. The van der Waals surface area contributed by atoms with Crippen LogP contribution in [0.4, 0.5) is 0 Å². The number of para-hydroxylation sites is 2. The van der Waals surface area contributed by atoms with Crippen LogP contribution < -0.4 is 9.47 Å². The summed E-state index contributed by atoms with van der Waals surface area (Å²) in [5.74, 6) is 4.05. The minimum Gasteiger partial charge on any atom is -0.485 e. The molecule has 0 spiro atoms. The molecule has 2 aromatic heterocycles. The van der Waals surface area contributed by atoms with E-state index in [0.29, 0.717) is 36.4 Å². The molecule has 31 heavy (non-hydrogen) atoms. The molecule has 0 saturated heterocycles. The monoisotopic (exact) mass is 432 g/mol. The highest BCUT2D eigenvalue weighted by molar-refractivity contribution is 7.98. The summed E-state index contributed by atoms with van der Waals surface area (Å²) in [5.41, 5.74) is 0.998. The Morgan fingerprint density at radius 2 is 1.87 bits per heavy atom. The fraction of sp³-hybridized carbons (Fsp3) is 0.174. The number of hydrogen-bond donors (Lipinski definition) is 0. The van der Waals surface area contributed by atoms with E-state index in [1.54, 1.807) is 6.20 Å². The van der Waals surface area contributed by atoms with Crippen molar-refractivity contribution in [2.45, 2.75) is 23.6 Å². The van der Waals surface area contributed by atoms with Gasteiger partial charge in [0.05, 0.1) is 11.9 Å². The van der Waals surface area contributed by atoms with Gasteiger partial charge in [0, 0.05) is 12.1 Å². The SMILES string of the molecule is C=CCn1c(SCc2ncc(-c3ccccc3)o2)nnc1[C@@H]1COc2ccccc2O1. The van der Waals surface area contributed by atoms with Crippen molar-refractivity contribution in [3.05, 3.63) is 85.2 Å². The van der Waals surface area contributed by atoms with Gasteiger partial charge in [-0.3, -0.25) is 4.57 Å². The first-order valence-corrected chi connectivity index (χ1v) is 10.9. The molecular formula is C23H20N4O3S. The molecule has 156 valence electrons. The first-order valence-electron chi connectivity index (χ1n) is 9.87. The highest BCUT2D eigenvalue weighted by Gasteiger charge is 2.28. The van der Waals surface area contributed by atoms with Gasteiger partial charge in [-0.05, 0) is 12.1 Å². The standard InChI is InChI=1S/C23H20N4O3S/c1-2-12-27-22(20-14-28-17-10-6-7-11-18(17)29-20)25-26-23(27)31-15-21-24-13-19(30-21)16-8-4-3-5-9-16/h2-11,13,20H,1,12,14-15H2/t20-/m0/s1. The van der Waals surface area contributed by atoms with Gasteiger partial charge in [0.2, 0.25) is 5.89 Å². The van der Waals surface area contributed by atoms with Gasteiger partial charge in [0.1, 0.15) is 6.61 Å². The maximum absolute atomic E-state index is 6.11. The molecule has 7 nitrogen and oxygen atoms in total. The quantitative estimate of drug-likeness (QED) is 0.303. The number of benzene rings is 2. The van der Waals surface area contributed by atoms with Crippen LogP contribution in [0.15, 0.2) is 83.0 Å². The fourth-order valence-electron chi connectivity index (χ4n) is 3.33. The molecule has 8 heteroatoms. The Labute approximate surface area is 183 Å². The highest BCUT2D eigenvalue weighted by Crippen LogP contribution is 2.36. The Morgan fingerprint density at radius 1 is 1.06 bits per heavy atom. The molecule has 3 heterocycles. The molecule has 0 fully saturated rings. The van der Waals surface area contributed by atoms with Crippen molar-refractivity contribution in [2.24, 2.45) is 0 Å². The maximum Gasteiger partial charge on any atom is 0.205 e. The van der Waals surface area contributed by atoms with Crippen molar-refractivity contribution in [1.82, 2.24) is 19.7 Å². The van der Waals surface area contributed by atoms with E-state index in [1.165, 1.54) is 11.8 Å². The highest BCUT2D eigenvalue weighted by atomic mass is 32.2. The van der Waals surface area contributed by atoms with Crippen LogP contribution >= 0.6 is 11.8 Å². The molecule has 0 saturated carbocycles. The number of rotatable bonds is 7. The van der Waals surface area contributed by atoms with E-state index in [-0.39, 0.29) is 6.10 Å². The summed E-state index contributed by atoms with van der Waals surface area (Å²) in [5, 5.41) is 9.50. The van der Waals surface area contributed by atoms with Crippen LogP contribution in [0.1, 0.15) is 17.8 Å². The second-order valence-electron chi connectivity index (χ2n) is 6.88. The summed E-state index contributed by atoms with van der Waals surface area (Å²) >= 11 is 1.51. The lowest BCUT2D eigenvalue weighted by Crippen LogP contribution is -2.25. The number of oxazole rings is 1. The molecule has 0 bridgehead atoms. The van der Waals surface area contributed by atoms with Crippen LogP contribution in [0, 0.1) is 0 Å². The lowest BCUT2D eigenvalue weighted by Gasteiger charge is -2.26. The smallest absolute Gasteiger partial charge is 0.205 e. The summed E-state index contributed by atoms with van der Waals surface area (Å²) in [6.07, 6.45) is 3.21. The number of allylic oxidation sites excluding steroid dienone is 1. The molecule has 5 rings (SSSR count). The maximum atomic E-state index is 6.11. The Morgan fingerprint density at radius 3 is 2.71 bits per heavy atom. The van der Waals surface area contributed by atoms with Gasteiger partial charge in [-0.25, -0.2) is 4.98 Å². The van der Waals surface area contributed by atoms with E-state index in [4.69, 9.17) is 13.9 Å². The third-order valence-corrected chi connectivity index (χ3v) is 5.74. The number of nitrogens with zero attached hydrogens (tertiary/aromatic N) is 4. The van der Waals surface area contributed by atoms with Gasteiger partial charge >= 0.3 is 0 Å². The van der Waals surface area contributed by atoms with Crippen LogP contribution in [0.2, 0.25) is 0 Å². The summed E-state index contributed by atoms with van der Waals surface area (Å²) in [6.45, 7) is 4.80. The first-order chi connectivity index (χ1) is 15.3. The van der Waals surface area contributed by atoms with Gasteiger partial charge in [0.25, 0.3) is 0 Å². The Hall–Kier alpha value is -3.52. The van der Waals surface area contributed by atoms with E-state index >= 15 is 0 Å². The largest absolute Gasteiger partial charge is 0.485 e. The lowest BCUT2D eigenvalue weighted by atomic mass is 10.2. The average Bonchev–Trinajstić information content (AvgIpc) is 3.45. The number of aromatic nitrogens is 4. The second kappa shape index (κ2) is 8.69. The normalized spacial score (nSPS) is 15.0. The zero-order valence-electron chi connectivity index (χ0n) is 16.7. The van der Waals surface area contributed by atoms with E-state index in [0.717, 1.165) is 22.2 Å². The van der Waals surface area contributed by atoms with Crippen LogP contribution in [0.5, 0.6) is 11.5 Å². The Bertz CT molecular complexity index is 1190. The van der Waals surface area contributed by atoms with Crippen molar-refractivity contribution >= 4 is 11.8 Å². The molecule has 0 unspecified atom stereocenters. The van der Waals surface area contributed by atoms with Crippen LogP contribution in [0.25, 0.3) is 11.3 Å². The molecule has 2 aromatic carbocycles. The predicted octanol–water partition coefficient (Wildman–Crippen LogP) is 4.92. The summed E-state index contributed by atoms with van der Waals surface area (Å²) in [7, 11) is 0. The third kappa shape index (κ3) is 4.06. The Balaban J connectivity index is 1.32. The van der Waals surface area contributed by atoms with Crippen LogP contribution in [-0.2, 0) is 12.3 Å². The summed E-state index contributed by atoms with van der Waals surface area (Å²) in [6, 6.07) is 17.5. The molecular weight excluding hydrogens is 412 g/mol. The minimum atomic E-state index is -0.344. The van der Waals surface area contributed by atoms with Crippen LogP contribution in [0.3, 0.4) is 0 Å². The summed E-state index contributed by atoms with van der Waals surface area (Å²) < 4.78 is 19.8. The third-order valence-electron chi connectivity index (χ3n) is 4.79. The van der Waals surface area contributed by atoms with Gasteiger partial charge in [-0.15, -0.1) is 16.8 Å². The first kappa shape index (κ1) is 19.4. The van der Waals surface area contributed by atoms with Crippen molar-refractivity contribution in [2.75, 3.05) is 6.61 Å². The number of hydrogen-bond acceptors (Lipinski definition) is 7. The van der Waals surface area contributed by atoms with E-state index in [9.17, 15) is 0 Å². The van der Waals surface area contributed by atoms with E-state index in [2.05, 4.69) is 21.8 Å². The average molecular weight is 433 g/mol. The van der Waals surface area contributed by atoms with Crippen molar-refractivity contribution < 1.29 is 13.9 Å². The molecule has 0 aliphatic carbocycles. The van der Waals surface area contributed by atoms with E-state index < -0.39 is 0 Å². The molecule has 0 radical (unpaired) electrons. The van der Waals surface area contributed by atoms with Gasteiger partial charge < -0.3 is 13.9 Å². The minimum absolute atomic E-state index is 0.344. The molecule has 1 aliphatic rings.